The molecular weight excluding hydrogens is 386 g/mol. The molecule has 0 spiro atoms. The number of rotatable bonds is 5. The van der Waals surface area contributed by atoms with Gasteiger partial charge in [0.15, 0.2) is 0 Å². The Kier molecular flexibility index (Phi) is 5.30. The molecule has 2 N–H and O–H groups in total. The van der Waals surface area contributed by atoms with Crippen LogP contribution < -0.4 is 4.90 Å². The molecule has 31 heavy (non-hydrogen) atoms. The molecule has 6 nitrogen and oxygen atoms in total. The molecule has 5 rings (SSSR count). The molecule has 0 radical (unpaired) electrons. The van der Waals surface area contributed by atoms with E-state index in [9.17, 15) is 0 Å². The van der Waals surface area contributed by atoms with Crippen molar-refractivity contribution in [3.8, 4) is 11.4 Å². The van der Waals surface area contributed by atoms with Gasteiger partial charge in [0.25, 0.3) is 0 Å². The summed E-state index contributed by atoms with van der Waals surface area (Å²) in [7, 11) is 2.19. The molecule has 1 fully saturated rings. The monoisotopic (exact) mass is 421 g/mol. The van der Waals surface area contributed by atoms with E-state index in [0.717, 1.165) is 57.1 Å². The first-order valence-corrected chi connectivity index (χ1v) is 11.6. The molecule has 0 bridgehead atoms. The maximum absolute atomic E-state index is 5.50. The Labute approximate surface area is 185 Å². The third kappa shape index (κ3) is 4.11. The largest absolute Gasteiger partial charge is 0.379 e. The van der Waals surface area contributed by atoms with Gasteiger partial charge in [-0.15, -0.1) is 0 Å². The van der Waals surface area contributed by atoms with Gasteiger partial charge in [-0.05, 0) is 49.8 Å². The van der Waals surface area contributed by atoms with Crippen LogP contribution in [0.3, 0.4) is 0 Å². The van der Waals surface area contributed by atoms with E-state index in [0.29, 0.717) is 11.5 Å². The zero-order chi connectivity index (χ0) is 21.6. The average molecular weight is 422 g/mol. The normalized spacial score (nSPS) is 20.0. The van der Waals surface area contributed by atoms with E-state index in [4.69, 9.17) is 9.84 Å². The Morgan fingerprint density at radius 1 is 1.23 bits per heavy atom. The van der Waals surface area contributed by atoms with E-state index in [1.165, 1.54) is 34.3 Å². The standard InChI is InChI=1S/C25H35N5O/c1-17(30-9-11-31-12-10-30)16-29(4)19-6-5-18-13-22(26-21(18)14-19)24-20-7-8-25(2,3)15-23(20)27-28-24/h5-6,13-14,17,26H,7-12,15-16H2,1-4H3,(H,27,28)/t17-/m0/s1. The number of benzene rings is 1. The fraction of sp³-hybridized carbons (Fsp3) is 0.560. The Morgan fingerprint density at radius 2 is 2.03 bits per heavy atom. The van der Waals surface area contributed by atoms with Crippen molar-refractivity contribution in [1.82, 2.24) is 20.1 Å². The molecule has 0 unspecified atom stereocenters. The Bertz CT molecular complexity index is 1060. The molecule has 1 aromatic carbocycles. The lowest BCUT2D eigenvalue weighted by atomic mass is 9.76. The number of fused-ring (bicyclic) bond motifs is 2. The quantitative estimate of drug-likeness (QED) is 0.647. The lowest BCUT2D eigenvalue weighted by Gasteiger charge is -2.35. The number of nitrogens with zero attached hydrogens (tertiary/aromatic N) is 3. The molecule has 6 heteroatoms. The lowest BCUT2D eigenvalue weighted by molar-refractivity contribution is 0.0218. The highest BCUT2D eigenvalue weighted by Crippen LogP contribution is 2.38. The van der Waals surface area contributed by atoms with Crippen LogP contribution in [0.15, 0.2) is 24.3 Å². The Balaban J connectivity index is 1.35. The van der Waals surface area contributed by atoms with Gasteiger partial charge in [0.05, 0.1) is 18.9 Å². The predicted octanol–water partition coefficient (Wildman–Crippen LogP) is 4.23. The number of nitrogens with one attached hydrogen (secondary N) is 2. The van der Waals surface area contributed by atoms with Gasteiger partial charge in [0, 0.05) is 60.6 Å². The zero-order valence-electron chi connectivity index (χ0n) is 19.3. The number of aromatic nitrogens is 3. The summed E-state index contributed by atoms with van der Waals surface area (Å²) in [6.07, 6.45) is 3.38. The van der Waals surface area contributed by atoms with Gasteiger partial charge in [0.2, 0.25) is 0 Å². The summed E-state index contributed by atoms with van der Waals surface area (Å²) < 4.78 is 5.50. The molecule has 1 saturated heterocycles. The fourth-order valence-electron chi connectivity index (χ4n) is 5.19. The van der Waals surface area contributed by atoms with Crippen LogP contribution in [0.1, 0.15) is 38.4 Å². The van der Waals surface area contributed by atoms with Gasteiger partial charge < -0.3 is 14.6 Å². The van der Waals surface area contributed by atoms with Crippen LogP contribution in [-0.2, 0) is 17.6 Å². The molecule has 2 aliphatic rings. The number of likely N-dealkylation sites (N-methyl/N-ethyl adjacent to an activating group) is 1. The number of H-pyrrole nitrogens is 2. The Hall–Kier alpha value is -2.31. The molecule has 3 aromatic rings. The first-order chi connectivity index (χ1) is 14.9. The van der Waals surface area contributed by atoms with E-state index < -0.39 is 0 Å². The molecular formula is C25H35N5O. The molecule has 166 valence electrons. The second kappa shape index (κ2) is 7.99. The van der Waals surface area contributed by atoms with E-state index in [1.807, 2.05) is 0 Å². The van der Waals surface area contributed by atoms with Crippen LogP contribution in [0.2, 0.25) is 0 Å². The molecule has 1 aliphatic carbocycles. The van der Waals surface area contributed by atoms with Gasteiger partial charge >= 0.3 is 0 Å². The first kappa shape index (κ1) is 20.6. The third-order valence-electron chi connectivity index (χ3n) is 7.17. The summed E-state index contributed by atoms with van der Waals surface area (Å²) in [5, 5.41) is 9.25. The first-order valence-electron chi connectivity index (χ1n) is 11.6. The third-order valence-corrected chi connectivity index (χ3v) is 7.17. The average Bonchev–Trinajstić information content (AvgIpc) is 3.36. The van der Waals surface area contributed by atoms with Gasteiger partial charge in [-0.2, -0.15) is 5.10 Å². The van der Waals surface area contributed by atoms with Crippen LogP contribution in [0, 0.1) is 5.41 Å². The number of morpholine rings is 1. The van der Waals surface area contributed by atoms with Crippen LogP contribution in [0.25, 0.3) is 22.3 Å². The van der Waals surface area contributed by atoms with E-state index in [-0.39, 0.29) is 0 Å². The van der Waals surface area contributed by atoms with E-state index in [1.54, 1.807) is 0 Å². The van der Waals surface area contributed by atoms with Crippen LogP contribution >= 0.6 is 0 Å². The van der Waals surface area contributed by atoms with Crippen molar-refractivity contribution >= 4 is 16.6 Å². The molecule has 0 saturated carbocycles. The minimum Gasteiger partial charge on any atom is -0.379 e. The van der Waals surface area contributed by atoms with Crippen molar-refractivity contribution in [2.75, 3.05) is 44.8 Å². The van der Waals surface area contributed by atoms with Crippen molar-refractivity contribution in [2.45, 2.75) is 46.1 Å². The van der Waals surface area contributed by atoms with Crippen molar-refractivity contribution in [3.05, 3.63) is 35.5 Å². The molecule has 1 aliphatic heterocycles. The van der Waals surface area contributed by atoms with Gasteiger partial charge in [-0.1, -0.05) is 19.9 Å². The van der Waals surface area contributed by atoms with Gasteiger partial charge in [-0.25, -0.2) is 0 Å². The second-order valence-electron chi connectivity index (χ2n) is 10.2. The number of aromatic amines is 2. The van der Waals surface area contributed by atoms with Crippen molar-refractivity contribution < 1.29 is 4.74 Å². The predicted molar refractivity (Wildman–Crippen MR) is 127 cm³/mol. The number of anilines is 1. The topological polar surface area (TPSA) is 60.2 Å². The van der Waals surface area contributed by atoms with Crippen LogP contribution in [0.5, 0.6) is 0 Å². The fourth-order valence-corrected chi connectivity index (χ4v) is 5.19. The minimum absolute atomic E-state index is 0.356. The van der Waals surface area contributed by atoms with E-state index >= 15 is 0 Å². The van der Waals surface area contributed by atoms with Crippen LogP contribution in [0.4, 0.5) is 5.69 Å². The maximum atomic E-state index is 5.50. The minimum atomic E-state index is 0.356. The summed E-state index contributed by atoms with van der Waals surface area (Å²) in [5.74, 6) is 0. The summed E-state index contributed by atoms with van der Waals surface area (Å²) in [6.45, 7) is 11.8. The SMILES string of the molecule is C[C@@H](CN(C)c1ccc2cc(-c3n[nH]c4c3CCC(C)(C)C4)[nH]c2c1)N1CCOCC1. The van der Waals surface area contributed by atoms with Gasteiger partial charge in [-0.3, -0.25) is 10.00 Å². The molecule has 3 heterocycles. The summed E-state index contributed by atoms with van der Waals surface area (Å²) >= 11 is 0. The highest BCUT2D eigenvalue weighted by atomic mass is 16.5. The lowest BCUT2D eigenvalue weighted by Crippen LogP contribution is -2.46. The summed E-state index contributed by atoms with van der Waals surface area (Å²) in [5.41, 5.74) is 7.68. The van der Waals surface area contributed by atoms with Crippen molar-refractivity contribution in [3.63, 3.8) is 0 Å². The molecule has 0 amide bonds. The van der Waals surface area contributed by atoms with Crippen molar-refractivity contribution in [2.24, 2.45) is 5.41 Å². The number of ether oxygens (including phenoxy) is 1. The maximum Gasteiger partial charge on any atom is 0.112 e. The number of hydrogen-bond acceptors (Lipinski definition) is 4. The van der Waals surface area contributed by atoms with E-state index in [2.05, 4.69) is 72.0 Å². The second-order valence-corrected chi connectivity index (χ2v) is 10.2. The Morgan fingerprint density at radius 3 is 2.84 bits per heavy atom. The molecule has 2 aromatic heterocycles. The molecule has 1 atom stereocenters. The summed E-state index contributed by atoms with van der Waals surface area (Å²) in [4.78, 5) is 8.53. The zero-order valence-corrected chi connectivity index (χ0v) is 19.3. The summed E-state index contributed by atoms with van der Waals surface area (Å²) in [6, 6.07) is 9.47. The van der Waals surface area contributed by atoms with Gasteiger partial charge in [0.1, 0.15) is 5.69 Å². The van der Waals surface area contributed by atoms with Crippen molar-refractivity contribution in [1.29, 1.82) is 0 Å². The highest BCUT2D eigenvalue weighted by molar-refractivity contribution is 5.88. The highest BCUT2D eigenvalue weighted by Gasteiger charge is 2.29. The number of hydrogen-bond donors (Lipinski definition) is 2. The smallest absolute Gasteiger partial charge is 0.112 e. The van der Waals surface area contributed by atoms with Crippen LogP contribution in [-0.4, -0.2) is 66.0 Å².